The Hall–Kier alpha value is -0.260. The molecular weight excluding hydrogens is 96.1 g/mol. The summed E-state index contributed by atoms with van der Waals surface area (Å²) in [7, 11) is 0. The zero-order valence-corrected chi connectivity index (χ0v) is 5.78. The number of rotatable bonds is 2. The molecule has 0 spiro atoms. The molecule has 0 aromatic heterocycles. The van der Waals surface area contributed by atoms with Crippen molar-refractivity contribution in [2.24, 2.45) is 11.8 Å². The minimum absolute atomic E-state index is 0.889. The maximum absolute atomic E-state index is 3.92. The van der Waals surface area contributed by atoms with Crippen molar-refractivity contribution in [3.8, 4) is 0 Å². The van der Waals surface area contributed by atoms with E-state index in [1.54, 1.807) is 0 Å². The summed E-state index contributed by atoms with van der Waals surface area (Å²) < 4.78 is 0. The molecule has 0 nitrogen and oxygen atoms in total. The predicted octanol–water partition coefficient (Wildman–Crippen LogP) is 2.61. The van der Waals surface area contributed by atoms with Gasteiger partial charge in [0.15, 0.2) is 0 Å². The van der Waals surface area contributed by atoms with Gasteiger partial charge in [-0.05, 0) is 25.2 Å². The molecule has 1 fully saturated rings. The van der Waals surface area contributed by atoms with Gasteiger partial charge in [-0.1, -0.05) is 25.5 Å². The zero-order valence-electron chi connectivity index (χ0n) is 5.78. The molecule has 0 aromatic rings. The summed E-state index contributed by atoms with van der Waals surface area (Å²) in [6.45, 7) is 8.31. The number of hydrogen-bond donors (Lipinski definition) is 0. The third kappa shape index (κ3) is 0.936. The normalized spacial score (nSPS) is 34.8. The van der Waals surface area contributed by atoms with Crippen LogP contribution in [0, 0.1) is 11.8 Å². The van der Waals surface area contributed by atoms with Crippen LogP contribution in [0.3, 0.4) is 0 Å². The molecule has 2 atom stereocenters. The molecule has 0 heteroatoms. The molecular formula is C8H14. The van der Waals surface area contributed by atoms with Crippen LogP contribution in [-0.4, -0.2) is 0 Å². The number of hydrogen-bond acceptors (Lipinski definition) is 0. The van der Waals surface area contributed by atoms with E-state index in [2.05, 4.69) is 20.4 Å². The first-order valence-electron chi connectivity index (χ1n) is 3.41. The molecule has 46 valence electrons. The van der Waals surface area contributed by atoms with Gasteiger partial charge in [-0.15, -0.1) is 0 Å². The van der Waals surface area contributed by atoms with Crippen LogP contribution in [0.1, 0.15) is 26.7 Å². The van der Waals surface area contributed by atoms with Crippen LogP contribution in [0.25, 0.3) is 0 Å². The van der Waals surface area contributed by atoms with Crippen LogP contribution in [0.2, 0.25) is 0 Å². The van der Waals surface area contributed by atoms with E-state index in [4.69, 9.17) is 0 Å². The molecule has 2 unspecified atom stereocenters. The minimum Gasteiger partial charge on any atom is -0.0999 e. The Labute approximate surface area is 51.6 Å². The molecule has 1 aliphatic rings. The lowest BCUT2D eigenvalue weighted by atomic mass is 10.2. The largest absolute Gasteiger partial charge is 0.0999 e. The van der Waals surface area contributed by atoms with Crippen LogP contribution >= 0.6 is 0 Å². The predicted molar refractivity (Wildman–Crippen MR) is 36.7 cm³/mol. The van der Waals surface area contributed by atoms with Crippen molar-refractivity contribution >= 4 is 0 Å². The van der Waals surface area contributed by atoms with Crippen LogP contribution < -0.4 is 0 Å². The average Bonchev–Trinajstić information content (AvgIpc) is 2.42. The highest BCUT2D eigenvalue weighted by molar-refractivity contribution is 5.08. The Morgan fingerprint density at radius 3 is 2.50 bits per heavy atom. The molecule has 0 heterocycles. The molecule has 0 amide bonds. The fourth-order valence-corrected chi connectivity index (χ4v) is 1.30. The van der Waals surface area contributed by atoms with Crippen LogP contribution in [0.4, 0.5) is 0 Å². The minimum atomic E-state index is 0.889. The Morgan fingerprint density at radius 2 is 2.38 bits per heavy atom. The fourth-order valence-electron chi connectivity index (χ4n) is 1.30. The van der Waals surface area contributed by atoms with Crippen LogP contribution in [0.5, 0.6) is 0 Å². The second-order valence-corrected chi connectivity index (χ2v) is 2.86. The van der Waals surface area contributed by atoms with Crippen molar-refractivity contribution in [3.63, 3.8) is 0 Å². The van der Waals surface area contributed by atoms with Gasteiger partial charge < -0.3 is 0 Å². The summed E-state index contributed by atoms with van der Waals surface area (Å²) in [5, 5.41) is 0. The highest BCUT2D eigenvalue weighted by Crippen LogP contribution is 2.45. The zero-order chi connectivity index (χ0) is 6.15. The standard InChI is InChI=1S/C8H14/c1-4-7-5-8(7)6(2)3/h7-8H,2,4-5H2,1,3H3. The molecule has 1 rings (SSSR count). The quantitative estimate of drug-likeness (QED) is 0.479. The summed E-state index contributed by atoms with van der Waals surface area (Å²) in [4.78, 5) is 0. The highest BCUT2D eigenvalue weighted by Gasteiger charge is 2.35. The van der Waals surface area contributed by atoms with E-state index in [1.165, 1.54) is 18.4 Å². The molecule has 8 heavy (non-hydrogen) atoms. The van der Waals surface area contributed by atoms with Gasteiger partial charge in [0.2, 0.25) is 0 Å². The maximum atomic E-state index is 3.92. The molecule has 0 saturated heterocycles. The lowest BCUT2D eigenvalue weighted by Crippen LogP contribution is -1.79. The van der Waals surface area contributed by atoms with Gasteiger partial charge in [0, 0.05) is 0 Å². The van der Waals surface area contributed by atoms with Crippen LogP contribution in [0.15, 0.2) is 12.2 Å². The summed E-state index contributed by atoms with van der Waals surface area (Å²) >= 11 is 0. The maximum Gasteiger partial charge on any atom is -0.0177 e. The summed E-state index contributed by atoms with van der Waals surface area (Å²) in [5.41, 5.74) is 1.39. The van der Waals surface area contributed by atoms with Crippen LogP contribution in [-0.2, 0) is 0 Å². The van der Waals surface area contributed by atoms with E-state index in [-0.39, 0.29) is 0 Å². The van der Waals surface area contributed by atoms with E-state index in [0.717, 1.165) is 11.8 Å². The first-order valence-corrected chi connectivity index (χ1v) is 3.41. The van der Waals surface area contributed by atoms with E-state index < -0.39 is 0 Å². The third-order valence-electron chi connectivity index (χ3n) is 2.08. The monoisotopic (exact) mass is 110 g/mol. The van der Waals surface area contributed by atoms with Crippen molar-refractivity contribution in [2.75, 3.05) is 0 Å². The van der Waals surface area contributed by atoms with Crippen molar-refractivity contribution in [2.45, 2.75) is 26.7 Å². The topological polar surface area (TPSA) is 0 Å². The smallest absolute Gasteiger partial charge is 0.0177 e. The Kier molecular flexibility index (Phi) is 1.41. The van der Waals surface area contributed by atoms with E-state index >= 15 is 0 Å². The SMILES string of the molecule is C=C(C)C1CC1CC. The van der Waals surface area contributed by atoms with Gasteiger partial charge in [-0.25, -0.2) is 0 Å². The van der Waals surface area contributed by atoms with Crippen molar-refractivity contribution in [1.29, 1.82) is 0 Å². The van der Waals surface area contributed by atoms with Gasteiger partial charge in [0.25, 0.3) is 0 Å². The molecule has 0 N–H and O–H groups in total. The Balaban J connectivity index is 2.26. The highest BCUT2D eigenvalue weighted by atomic mass is 14.4. The second kappa shape index (κ2) is 1.93. The summed E-state index contributed by atoms with van der Waals surface area (Å²) in [5.74, 6) is 1.88. The number of allylic oxidation sites excluding steroid dienone is 1. The van der Waals surface area contributed by atoms with E-state index in [0.29, 0.717) is 0 Å². The summed E-state index contributed by atoms with van der Waals surface area (Å²) in [6.07, 6.45) is 2.75. The molecule has 0 aromatic carbocycles. The van der Waals surface area contributed by atoms with Crippen molar-refractivity contribution in [3.05, 3.63) is 12.2 Å². The molecule has 1 aliphatic carbocycles. The van der Waals surface area contributed by atoms with E-state index in [1.807, 2.05) is 0 Å². The second-order valence-electron chi connectivity index (χ2n) is 2.86. The molecule has 1 saturated carbocycles. The lowest BCUT2D eigenvalue weighted by molar-refractivity contribution is 0.738. The van der Waals surface area contributed by atoms with Crippen molar-refractivity contribution < 1.29 is 0 Å². The van der Waals surface area contributed by atoms with Gasteiger partial charge in [0.05, 0.1) is 0 Å². The molecule has 0 radical (unpaired) electrons. The molecule has 0 aliphatic heterocycles. The fraction of sp³-hybridized carbons (Fsp3) is 0.750. The Bertz CT molecular complexity index is 103. The molecule has 0 bridgehead atoms. The Morgan fingerprint density at radius 1 is 1.75 bits per heavy atom. The van der Waals surface area contributed by atoms with Gasteiger partial charge >= 0.3 is 0 Å². The van der Waals surface area contributed by atoms with Gasteiger partial charge in [-0.3, -0.25) is 0 Å². The first-order chi connectivity index (χ1) is 3.75. The van der Waals surface area contributed by atoms with Gasteiger partial charge in [0.1, 0.15) is 0 Å². The summed E-state index contributed by atoms with van der Waals surface area (Å²) in [6, 6.07) is 0. The van der Waals surface area contributed by atoms with E-state index in [9.17, 15) is 0 Å². The average molecular weight is 110 g/mol. The third-order valence-corrected chi connectivity index (χ3v) is 2.08. The first kappa shape index (κ1) is 5.87. The van der Waals surface area contributed by atoms with Crippen molar-refractivity contribution in [1.82, 2.24) is 0 Å². The van der Waals surface area contributed by atoms with Gasteiger partial charge in [-0.2, -0.15) is 0 Å². The lowest BCUT2D eigenvalue weighted by Gasteiger charge is -1.91.